The summed E-state index contributed by atoms with van der Waals surface area (Å²) in [5.41, 5.74) is 1.22. The van der Waals surface area contributed by atoms with Crippen molar-refractivity contribution in [2.75, 3.05) is 27.2 Å². The van der Waals surface area contributed by atoms with Gasteiger partial charge in [0, 0.05) is 4.47 Å². The summed E-state index contributed by atoms with van der Waals surface area (Å²) in [7, 11) is 4.26. The van der Waals surface area contributed by atoms with Crippen LogP contribution in [0.1, 0.15) is 18.5 Å². The van der Waals surface area contributed by atoms with Crippen molar-refractivity contribution in [2.24, 2.45) is 0 Å². The standard InChI is InChI=1S/C13H20BrN3S/c1-10(11-4-6-12(14)7-5-11)16-13(18)15-8-9-17(2)3/h4-7,10H,8-9H2,1-3H3,(H2,15,16,18)/p+1/t10-/m0/s1. The van der Waals surface area contributed by atoms with Crippen molar-refractivity contribution in [2.45, 2.75) is 13.0 Å². The Bertz CT molecular complexity index is 378. The molecule has 1 aromatic rings. The third-order valence-electron chi connectivity index (χ3n) is 2.63. The Labute approximate surface area is 123 Å². The largest absolute Gasteiger partial charge is 0.357 e. The van der Waals surface area contributed by atoms with E-state index in [9.17, 15) is 0 Å². The van der Waals surface area contributed by atoms with Gasteiger partial charge in [-0.3, -0.25) is 0 Å². The molecule has 0 saturated carbocycles. The summed E-state index contributed by atoms with van der Waals surface area (Å²) in [5, 5.41) is 7.22. The lowest BCUT2D eigenvalue weighted by Gasteiger charge is -2.17. The Morgan fingerprint density at radius 2 is 1.94 bits per heavy atom. The SMILES string of the molecule is C[C@H](NC(=S)NCC[NH+](C)C)c1ccc(Br)cc1. The van der Waals surface area contributed by atoms with Gasteiger partial charge in [0.1, 0.15) is 0 Å². The molecule has 0 fully saturated rings. The fraction of sp³-hybridized carbons (Fsp3) is 0.462. The van der Waals surface area contributed by atoms with Gasteiger partial charge in [0.25, 0.3) is 0 Å². The van der Waals surface area contributed by atoms with Crippen molar-refractivity contribution in [3.05, 3.63) is 34.3 Å². The molecule has 0 amide bonds. The van der Waals surface area contributed by atoms with Crippen LogP contribution in [0.2, 0.25) is 0 Å². The molecule has 0 aliphatic carbocycles. The Morgan fingerprint density at radius 1 is 1.33 bits per heavy atom. The highest BCUT2D eigenvalue weighted by molar-refractivity contribution is 9.10. The van der Waals surface area contributed by atoms with Crippen molar-refractivity contribution in [1.82, 2.24) is 10.6 Å². The topological polar surface area (TPSA) is 28.5 Å². The predicted molar refractivity (Wildman–Crippen MR) is 84.0 cm³/mol. The predicted octanol–water partition coefficient (Wildman–Crippen LogP) is 1.12. The maximum absolute atomic E-state index is 5.27. The first kappa shape index (κ1) is 15.4. The Morgan fingerprint density at radius 3 is 2.50 bits per heavy atom. The Balaban J connectivity index is 2.37. The van der Waals surface area contributed by atoms with Crippen LogP contribution in [0.3, 0.4) is 0 Å². The van der Waals surface area contributed by atoms with E-state index in [1.54, 1.807) is 0 Å². The normalized spacial score (nSPS) is 12.3. The highest BCUT2D eigenvalue weighted by Crippen LogP contribution is 2.16. The molecule has 3 nitrogen and oxygen atoms in total. The summed E-state index contributed by atoms with van der Waals surface area (Å²) in [5.74, 6) is 0. The number of rotatable bonds is 5. The highest BCUT2D eigenvalue weighted by atomic mass is 79.9. The van der Waals surface area contributed by atoms with Gasteiger partial charge in [0.2, 0.25) is 0 Å². The van der Waals surface area contributed by atoms with Crippen LogP contribution in [0.5, 0.6) is 0 Å². The van der Waals surface area contributed by atoms with E-state index in [2.05, 4.69) is 59.7 Å². The number of nitrogens with one attached hydrogen (secondary N) is 3. The van der Waals surface area contributed by atoms with E-state index in [0.29, 0.717) is 5.11 Å². The molecule has 0 radical (unpaired) electrons. The van der Waals surface area contributed by atoms with Crippen molar-refractivity contribution in [3.8, 4) is 0 Å². The number of likely N-dealkylation sites (N-methyl/N-ethyl adjacent to an activating group) is 1. The number of hydrogen-bond acceptors (Lipinski definition) is 1. The fourth-order valence-electron chi connectivity index (χ4n) is 1.51. The second kappa shape index (κ2) is 7.71. The number of hydrogen-bond donors (Lipinski definition) is 3. The molecule has 0 aromatic heterocycles. The van der Waals surface area contributed by atoms with Crippen LogP contribution in [0.15, 0.2) is 28.7 Å². The van der Waals surface area contributed by atoms with Gasteiger partial charge in [-0.15, -0.1) is 0 Å². The molecule has 0 spiro atoms. The molecule has 1 aromatic carbocycles. The summed E-state index contributed by atoms with van der Waals surface area (Å²) < 4.78 is 1.09. The first-order valence-electron chi connectivity index (χ1n) is 6.08. The molecule has 0 bridgehead atoms. The minimum Gasteiger partial charge on any atom is -0.357 e. The molecule has 3 N–H and O–H groups in total. The third kappa shape index (κ3) is 5.80. The van der Waals surface area contributed by atoms with Gasteiger partial charge in [-0.25, -0.2) is 0 Å². The zero-order chi connectivity index (χ0) is 13.5. The van der Waals surface area contributed by atoms with Crippen molar-refractivity contribution >= 4 is 33.3 Å². The van der Waals surface area contributed by atoms with E-state index in [1.165, 1.54) is 10.5 Å². The molecule has 0 unspecified atom stereocenters. The van der Waals surface area contributed by atoms with Gasteiger partial charge >= 0.3 is 0 Å². The van der Waals surface area contributed by atoms with Crippen molar-refractivity contribution < 1.29 is 4.90 Å². The monoisotopic (exact) mass is 330 g/mol. The number of benzene rings is 1. The zero-order valence-electron chi connectivity index (χ0n) is 11.1. The van der Waals surface area contributed by atoms with Gasteiger partial charge in [-0.05, 0) is 36.8 Å². The van der Waals surface area contributed by atoms with Crippen LogP contribution in [0.25, 0.3) is 0 Å². The maximum atomic E-state index is 5.27. The second-order valence-electron chi connectivity index (χ2n) is 4.63. The van der Waals surface area contributed by atoms with Crippen LogP contribution in [0.4, 0.5) is 0 Å². The van der Waals surface area contributed by atoms with E-state index < -0.39 is 0 Å². The maximum Gasteiger partial charge on any atom is 0.166 e. The molecule has 18 heavy (non-hydrogen) atoms. The summed E-state index contributed by atoms with van der Waals surface area (Å²) in [6, 6.07) is 8.48. The molecule has 0 aliphatic heterocycles. The molecule has 0 aliphatic rings. The summed E-state index contributed by atoms with van der Waals surface area (Å²) in [4.78, 5) is 1.41. The van der Waals surface area contributed by atoms with E-state index in [-0.39, 0.29) is 6.04 Å². The Hall–Kier alpha value is -0.650. The molecule has 5 heteroatoms. The van der Waals surface area contributed by atoms with Gasteiger partial charge in [0.05, 0.1) is 33.2 Å². The van der Waals surface area contributed by atoms with Gasteiger partial charge in [-0.2, -0.15) is 0 Å². The van der Waals surface area contributed by atoms with E-state index in [0.717, 1.165) is 17.6 Å². The van der Waals surface area contributed by atoms with Crippen LogP contribution in [-0.2, 0) is 0 Å². The lowest BCUT2D eigenvalue weighted by molar-refractivity contribution is -0.856. The highest BCUT2D eigenvalue weighted by Gasteiger charge is 2.06. The Kier molecular flexibility index (Phi) is 6.60. The third-order valence-corrected chi connectivity index (χ3v) is 3.42. The molecule has 0 heterocycles. The summed E-state index contributed by atoms with van der Waals surface area (Å²) in [6.45, 7) is 4.05. The van der Waals surface area contributed by atoms with Crippen molar-refractivity contribution in [3.63, 3.8) is 0 Å². The minimum absolute atomic E-state index is 0.213. The second-order valence-corrected chi connectivity index (χ2v) is 5.95. The van der Waals surface area contributed by atoms with E-state index in [4.69, 9.17) is 12.2 Å². The van der Waals surface area contributed by atoms with Crippen molar-refractivity contribution in [1.29, 1.82) is 0 Å². The minimum atomic E-state index is 0.213. The first-order valence-corrected chi connectivity index (χ1v) is 7.28. The van der Waals surface area contributed by atoms with E-state index in [1.807, 2.05) is 12.1 Å². The quantitative estimate of drug-likeness (QED) is 0.706. The van der Waals surface area contributed by atoms with Crippen LogP contribution in [-0.4, -0.2) is 32.3 Å². The summed E-state index contributed by atoms with van der Waals surface area (Å²) >= 11 is 8.70. The number of halogens is 1. The molecule has 0 saturated heterocycles. The summed E-state index contributed by atoms with van der Waals surface area (Å²) in [6.07, 6.45) is 0. The zero-order valence-corrected chi connectivity index (χ0v) is 13.5. The first-order chi connectivity index (χ1) is 8.49. The fourth-order valence-corrected chi connectivity index (χ4v) is 2.05. The molecular weight excluding hydrogens is 310 g/mol. The lowest BCUT2D eigenvalue weighted by atomic mass is 10.1. The van der Waals surface area contributed by atoms with Gasteiger partial charge in [0.15, 0.2) is 5.11 Å². The van der Waals surface area contributed by atoms with Crippen LogP contribution in [0, 0.1) is 0 Å². The van der Waals surface area contributed by atoms with Crippen LogP contribution >= 0.6 is 28.1 Å². The molecule has 1 atom stereocenters. The molecule has 1 rings (SSSR count). The smallest absolute Gasteiger partial charge is 0.166 e. The van der Waals surface area contributed by atoms with Gasteiger partial charge in [-0.1, -0.05) is 28.1 Å². The average molecular weight is 331 g/mol. The van der Waals surface area contributed by atoms with E-state index >= 15 is 0 Å². The number of quaternary nitrogens is 1. The molecular formula is C13H21BrN3S+. The average Bonchev–Trinajstić information content (AvgIpc) is 2.29. The van der Waals surface area contributed by atoms with Crippen LogP contribution < -0.4 is 15.5 Å². The van der Waals surface area contributed by atoms with Gasteiger partial charge < -0.3 is 15.5 Å². The molecule has 100 valence electrons. The lowest BCUT2D eigenvalue weighted by Crippen LogP contribution is -3.06. The number of thiocarbonyl (C=S) groups is 1.